The van der Waals surface area contributed by atoms with Crippen LogP contribution in [0, 0.1) is 5.41 Å². The predicted molar refractivity (Wildman–Crippen MR) is 103 cm³/mol. The molecule has 27 heavy (non-hydrogen) atoms. The van der Waals surface area contributed by atoms with E-state index < -0.39 is 11.5 Å². The molecule has 2 aliphatic rings. The number of nitrogens with one attached hydrogen (secondary N) is 1. The van der Waals surface area contributed by atoms with Gasteiger partial charge in [0.2, 0.25) is 11.0 Å². The minimum Gasteiger partial charge on any atom is -0.396 e. The number of ether oxygens (including phenoxy) is 1. The average molecular weight is 399 g/mol. The Balaban J connectivity index is 1.52. The fourth-order valence-corrected chi connectivity index (χ4v) is 4.82. The summed E-state index contributed by atoms with van der Waals surface area (Å²) in [6.07, 6.45) is 4.97. The molecule has 3 rings (SSSR count). The lowest BCUT2D eigenvalue weighted by molar-refractivity contribution is -0.122. The molecule has 1 aromatic heterocycles. The molecule has 2 fully saturated rings. The number of carbonyl (C=O) groups is 1. The highest BCUT2D eigenvalue weighted by Crippen LogP contribution is 2.38. The quantitative estimate of drug-likeness (QED) is 0.537. The van der Waals surface area contributed by atoms with E-state index in [0.717, 1.165) is 24.3 Å². The maximum atomic E-state index is 12.4. The molecule has 2 atom stereocenters. The summed E-state index contributed by atoms with van der Waals surface area (Å²) in [6.45, 7) is 1.83. The van der Waals surface area contributed by atoms with Gasteiger partial charge in [-0.25, -0.2) is 0 Å². The van der Waals surface area contributed by atoms with E-state index in [1.165, 1.54) is 17.8 Å². The van der Waals surface area contributed by atoms with Gasteiger partial charge in [0.25, 0.3) is 0 Å². The van der Waals surface area contributed by atoms with E-state index in [9.17, 15) is 15.0 Å². The van der Waals surface area contributed by atoms with Crippen LogP contribution < -0.4 is 5.32 Å². The van der Waals surface area contributed by atoms with Crippen molar-refractivity contribution >= 4 is 22.4 Å². The Kier molecular flexibility index (Phi) is 7.16. The molecule has 0 bridgehead atoms. The molecular formula is C18H30N4O4S. The van der Waals surface area contributed by atoms with Crippen LogP contribution >= 0.6 is 11.3 Å². The third-order valence-electron chi connectivity index (χ3n) is 5.81. The Morgan fingerprint density at radius 1 is 1.41 bits per heavy atom. The van der Waals surface area contributed by atoms with E-state index in [-0.39, 0.29) is 19.1 Å². The minimum atomic E-state index is -0.600. The van der Waals surface area contributed by atoms with Crippen LogP contribution in [0.1, 0.15) is 49.5 Å². The molecule has 3 N–H and O–H groups in total. The Hall–Kier alpha value is -1.13. The lowest BCUT2D eigenvalue weighted by Gasteiger charge is -2.45. The zero-order chi connectivity index (χ0) is 19.3. The number of aliphatic hydroxyl groups is 2. The smallest absolute Gasteiger partial charge is 0.240 e. The topological polar surface area (TPSA) is 108 Å². The molecule has 2 heterocycles. The zero-order valence-corrected chi connectivity index (χ0v) is 16.7. The Morgan fingerprint density at radius 3 is 2.89 bits per heavy atom. The highest BCUT2D eigenvalue weighted by atomic mass is 32.1. The number of anilines is 1. The Morgan fingerprint density at radius 2 is 2.22 bits per heavy atom. The molecule has 0 aromatic carbocycles. The number of carbonyl (C=O) groups excluding carboxylic acids is 1. The Bertz CT molecular complexity index is 624. The lowest BCUT2D eigenvalue weighted by atomic mass is 9.74. The standard InChI is InChI=1S/C18H30N4O4S/c1-26-9-3-7-18(12-23)11-22(8-6-14(18)24)10-15(25)19-17-21-20-16(27-17)13-4-2-5-13/h13-14,23-24H,2-12H2,1H3,(H,19,21,25)/t14-,18+/m1/s1. The first kappa shape index (κ1) is 20.6. The van der Waals surface area contributed by atoms with Crippen molar-refractivity contribution in [2.45, 2.75) is 50.5 Å². The summed E-state index contributed by atoms with van der Waals surface area (Å²) in [7, 11) is 1.64. The average Bonchev–Trinajstić information content (AvgIpc) is 3.04. The Labute approximate surface area is 163 Å². The lowest BCUT2D eigenvalue weighted by Crippen LogP contribution is -2.55. The molecule has 8 nitrogen and oxygen atoms in total. The van der Waals surface area contributed by atoms with E-state index in [4.69, 9.17) is 4.74 Å². The summed E-state index contributed by atoms with van der Waals surface area (Å²) >= 11 is 1.46. The molecule has 152 valence electrons. The maximum absolute atomic E-state index is 12.4. The molecular weight excluding hydrogens is 368 g/mol. The number of amides is 1. The summed E-state index contributed by atoms with van der Waals surface area (Å²) in [6, 6.07) is 0. The summed E-state index contributed by atoms with van der Waals surface area (Å²) in [5.41, 5.74) is -0.600. The van der Waals surface area contributed by atoms with Crippen molar-refractivity contribution in [3.05, 3.63) is 5.01 Å². The number of aromatic nitrogens is 2. The molecule has 0 unspecified atom stereocenters. The second kappa shape index (κ2) is 9.38. The number of rotatable bonds is 9. The molecule has 1 amide bonds. The first-order valence-corrected chi connectivity index (χ1v) is 10.5. The second-order valence-corrected chi connectivity index (χ2v) is 8.76. The number of aliphatic hydroxyl groups excluding tert-OH is 2. The number of nitrogens with zero attached hydrogens (tertiary/aromatic N) is 3. The first-order chi connectivity index (χ1) is 13.1. The first-order valence-electron chi connectivity index (χ1n) is 9.70. The van der Waals surface area contributed by atoms with Gasteiger partial charge >= 0.3 is 0 Å². The normalized spacial score (nSPS) is 26.7. The van der Waals surface area contributed by atoms with Crippen molar-refractivity contribution in [2.24, 2.45) is 5.41 Å². The summed E-state index contributed by atoms with van der Waals surface area (Å²) in [5, 5.41) is 33.1. The van der Waals surface area contributed by atoms with E-state index in [0.29, 0.717) is 43.6 Å². The minimum absolute atomic E-state index is 0.100. The summed E-state index contributed by atoms with van der Waals surface area (Å²) in [4.78, 5) is 14.4. The van der Waals surface area contributed by atoms with Gasteiger partial charge in [0.1, 0.15) is 5.01 Å². The van der Waals surface area contributed by atoms with Gasteiger partial charge in [0, 0.05) is 38.1 Å². The molecule has 0 spiro atoms. The van der Waals surface area contributed by atoms with E-state index >= 15 is 0 Å². The highest BCUT2D eigenvalue weighted by Gasteiger charge is 2.42. The maximum Gasteiger partial charge on any atom is 0.240 e. The molecule has 1 aliphatic heterocycles. The number of hydrogen-bond acceptors (Lipinski definition) is 8. The van der Waals surface area contributed by atoms with Crippen LogP contribution in [0.15, 0.2) is 0 Å². The SMILES string of the molecule is COCCC[C@@]1(CO)CN(CC(=O)Nc2nnc(C3CCC3)s2)CC[C@H]1O. The van der Waals surface area contributed by atoms with Crippen LogP contribution in [-0.4, -0.2) is 77.3 Å². The molecule has 1 saturated carbocycles. The molecule has 0 radical (unpaired) electrons. The predicted octanol–water partition coefficient (Wildman–Crippen LogP) is 1.22. The number of piperidine rings is 1. The van der Waals surface area contributed by atoms with Crippen LogP contribution in [-0.2, 0) is 9.53 Å². The van der Waals surface area contributed by atoms with Gasteiger partial charge in [-0.1, -0.05) is 17.8 Å². The van der Waals surface area contributed by atoms with Crippen molar-refractivity contribution in [3.8, 4) is 0 Å². The van der Waals surface area contributed by atoms with Gasteiger partial charge in [0.15, 0.2) is 0 Å². The van der Waals surface area contributed by atoms with E-state index in [1.54, 1.807) is 7.11 Å². The van der Waals surface area contributed by atoms with Crippen LogP contribution in [0.3, 0.4) is 0 Å². The van der Waals surface area contributed by atoms with E-state index in [1.807, 2.05) is 4.90 Å². The van der Waals surface area contributed by atoms with Crippen molar-refractivity contribution in [3.63, 3.8) is 0 Å². The van der Waals surface area contributed by atoms with Gasteiger partial charge in [-0.2, -0.15) is 0 Å². The van der Waals surface area contributed by atoms with Gasteiger partial charge in [-0.15, -0.1) is 10.2 Å². The second-order valence-electron chi connectivity index (χ2n) is 7.75. The third-order valence-corrected chi connectivity index (χ3v) is 6.81. The van der Waals surface area contributed by atoms with Crippen LogP contribution in [0.5, 0.6) is 0 Å². The number of likely N-dealkylation sites (tertiary alicyclic amines) is 1. The van der Waals surface area contributed by atoms with Crippen LogP contribution in [0.25, 0.3) is 0 Å². The highest BCUT2D eigenvalue weighted by molar-refractivity contribution is 7.15. The fourth-order valence-electron chi connectivity index (χ4n) is 3.89. The van der Waals surface area contributed by atoms with E-state index in [2.05, 4.69) is 15.5 Å². The molecule has 1 aromatic rings. The van der Waals surface area contributed by atoms with Gasteiger partial charge in [0.05, 0.1) is 19.3 Å². The zero-order valence-electron chi connectivity index (χ0n) is 15.9. The van der Waals surface area contributed by atoms with Crippen LogP contribution in [0.2, 0.25) is 0 Å². The van der Waals surface area contributed by atoms with Crippen molar-refractivity contribution in [2.75, 3.05) is 45.3 Å². The van der Waals surface area contributed by atoms with Gasteiger partial charge in [-0.3, -0.25) is 15.0 Å². The number of methoxy groups -OCH3 is 1. The van der Waals surface area contributed by atoms with Crippen LogP contribution in [0.4, 0.5) is 5.13 Å². The number of hydrogen-bond donors (Lipinski definition) is 3. The monoisotopic (exact) mass is 398 g/mol. The largest absolute Gasteiger partial charge is 0.396 e. The fraction of sp³-hybridized carbons (Fsp3) is 0.833. The molecule has 1 saturated heterocycles. The molecule has 9 heteroatoms. The van der Waals surface area contributed by atoms with Gasteiger partial charge in [-0.05, 0) is 32.1 Å². The van der Waals surface area contributed by atoms with Crippen molar-refractivity contribution in [1.29, 1.82) is 0 Å². The summed E-state index contributed by atoms with van der Waals surface area (Å²) < 4.78 is 5.09. The summed E-state index contributed by atoms with van der Waals surface area (Å²) in [5.74, 6) is 0.375. The van der Waals surface area contributed by atoms with Crippen molar-refractivity contribution < 1.29 is 19.7 Å². The van der Waals surface area contributed by atoms with Crippen molar-refractivity contribution in [1.82, 2.24) is 15.1 Å². The van der Waals surface area contributed by atoms with Gasteiger partial charge < -0.3 is 14.9 Å². The molecule has 1 aliphatic carbocycles. The third kappa shape index (κ3) is 5.03.